The predicted molar refractivity (Wildman–Crippen MR) is 91.6 cm³/mol. The van der Waals surface area contributed by atoms with Crippen molar-refractivity contribution in [2.45, 2.75) is 13.5 Å². The van der Waals surface area contributed by atoms with Gasteiger partial charge in [-0.25, -0.2) is 0 Å². The second-order valence-electron chi connectivity index (χ2n) is 5.58. The molecule has 1 N–H and O–H groups in total. The molecule has 25 heavy (non-hydrogen) atoms. The van der Waals surface area contributed by atoms with Crippen molar-refractivity contribution in [3.05, 3.63) is 64.7 Å². The number of benzene rings is 2. The van der Waals surface area contributed by atoms with Gasteiger partial charge in [0.15, 0.2) is 0 Å². The summed E-state index contributed by atoms with van der Waals surface area (Å²) in [5.41, 5.74) is 1.87. The Labute approximate surface area is 145 Å². The van der Waals surface area contributed by atoms with E-state index in [4.69, 9.17) is 4.74 Å². The summed E-state index contributed by atoms with van der Waals surface area (Å²) >= 11 is 0. The summed E-state index contributed by atoms with van der Waals surface area (Å²) < 4.78 is 5.47. The number of rotatable bonds is 5. The maximum absolute atomic E-state index is 12.5. The van der Waals surface area contributed by atoms with E-state index < -0.39 is 0 Å². The van der Waals surface area contributed by atoms with Gasteiger partial charge in [-0.15, -0.1) is 0 Å². The zero-order valence-corrected chi connectivity index (χ0v) is 14.0. The average molecular weight is 338 g/mol. The summed E-state index contributed by atoms with van der Waals surface area (Å²) in [5.74, 6) is -0.465. The maximum atomic E-state index is 12.5. The van der Waals surface area contributed by atoms with E-state index in [0.717, 1.165) is 0 Å². The first-order chi connectivity index (χ1) is 12.1. The topological polar surface area (TPSA) is 75.7 Å². The van der Waals surface area contributed by atoms with Crippen LogP contribution < -0.4 is 10.1 Å². The molecule has 3 amide bonds. The zero-order valence-electron chi connectivity index (χ0n) is 14.0. The van der Waals surface area contributed by atoms with E-state index in [9.17, 15) is 14.4 Å². The molecule has 0 saturated heterocycles. The molecule has 2 aromatic rings. The minimum atomic E-state index is -0.323. The molecule has 2 aromatic carbocycles. The highest BCUT2D eigenvalue weighted by Crippen LogP contribution is 2.26. The van der Waals surface area contributed by atoms with Crippen LogP contribution in [0.1, 0.15) is 43.6 Å². The molecule has 1 aliphatic heterocycles. The van der Waals surface area contributed by atoms with Gasteiger partial charge in [0, 0.05) is 7.05 Å². The molecule has 0 radical (unpaired) electrons. The number of ether oxygens (including phenoxy) is 1. The summed E-state index contributed by atoms with van der Waals surface area (Å²) in [5, 5.41) is 2.57. The van der Waals surface area contributed by atoms with Gasteiger partial charge >= 0.3 is 0 Å². The van der Waals surface area contributed by atoms with Crippen LogP contribution in [-0.4, -0.2) is 36.3 Å². The van der Waals surface area contributed by atoms with Crippen LogP contribution in [0.2, 0.25) is 0 Å². The number of nitrogens with zero attached hydrogens (tertiary/aromatic N) is 1. The van der Waals surface area contributed by atoms with E-state index in [1.54, 1.807) is 42.5 Å². The molecule has 6 heteroatoms. The standard InChI is InChI=1S/C19H18N2O4/c1-3-25-16-9-8-12(10-15(16)17(22)20-2)11-21-18(23)13-6-4-5-7-14(13)19(21)24/h4-10H,3,11H2,1-2H3,(H,20,22). The average Bonchev–Trinajstić information content (AvgIpc) is 2.88. The van der Waals surface area contributed by atoms with Crippen molar-refractivity contribution in [1.29, 1.82) is 0 Å². The first-order valence-electron chi connectivity index (χ1n) is 7.99. The Hall–Kier alpha value is -3.15. The second kappa shape index (κ2) is 6.76. The molecule has 0 aliphatic carbocycles. The van der Waals surface area contributed by atoms with Crippen LogP contribution in [-0.2, 0) is 6.54 Å². The molecule has 0 unspecified atom stereocenters. The number of amides is 3. The summed E-state index contributed by atoms with van der Waals surface area (Å²) in [4.78, 5) is 38.2. The van der Waals surface area contributed by atoms with Crippen molar-refractivity contribution in [1.82, 2.24) is 10.2 Å². The molecular weight excluding hydrogens is 320 g/mol. The molecule has 3 rings (SSSR count). The Morgan fingerprint density at radius 2 is 1.72 bits per heavy atom. The van der Waals surface area contributed by atoms with Crippen LogP contribution in [0.15, 0.2) is 42.5 Å². The van der Waals surface area contributed by atoms with E-state index in [-0.39, 0.29) is 24.3 Å². The summed E-state index contributed by atoms with van der Waals surface area (Å²) in [6.07, 6.45) is 0. The SMILES string of the molecule is CCOc1ccc(CN2C(=O)c3ccccc3C2=O)cc1C(=O)NC. The molecule has 0 spiro atoms. The highest BCUT2D eigenvalue weighted by atomic mass is 16.5. The van der Waals surface area contributed by atoms with Crippen LogP contribution >= 0.6 is 0 Å². The number of hydrogen-bond donors (Lipinski definition) is 1. The first kappa shape index (κ1) is 16.7. The van der Waals surface area contributed by atoms with Gasteiger partial charge in [0.2, 0.25) is 0 Å². The number of fused-ring (bicyclic) bond motifs is 1. The number of imide groups is 1. The van der Waals surface area contributed by atoms with Gasteiger partial charge in [-0.05, 0) is 36.8 Å². The first-order valence-corrected chi connectivity index (χ1v) is 7.99. The molecular formula is C19H18N2O4. The van der Waals surface area contributed by atoms with Gasteiger partial charge in [0.25, 0.3) is 17.7 Å². The fraction of sp³-hybridized carbons (Fsp3) is 0.211. The lowest BCUT2D eigenvalue weighted by Crippen LogP contribution is -2.29. The van der Waals surface area contributed by atoms with Crippen molar-refractivity contribution >= 4 is 17.7 Å². The van der Waals surface area contributed by atoms with Crippen LogP contribution in [0.4, 0.5) is 0 Å². The number of carbonyl (C=O) groups excluding carboxylic acids is 3. The van der Waals surface area contributed by atoms with Crippen LogP contribution in [0, 0.1) is 0 Å². The van der Waals surface area contributed by atoms with Crippen molar-refractivity contribution in [2.24, 2.45) is 0 Å². The quantitative estimate of drug-likeness (QED) is 0.849. The molecule has 1 aliphatic rings. The van der Waals surface area contributed by atoms with Crippen molar-refractivity contribution in [3.63, 3.8) is 0 Å². The lowest BCUT2D eigenvalue weighted by molar-refractivity contribution is 0.0642. The normalized spacial score (nSPS) is 13.0. The summed E-state index contributed by atoms with van der Waals surface area (Å²) in [7, 11) is 1.54. The van der Waals surface area contributed by atoms with Crippen LogP contribution in [0.3, 0.4) is 0 Å². The minimum absolute atomic E-state index is 0.0999. The molecule has 1 heterocycles. The molecule has 0 bridgehead atoms. The third kappa shape index (κ3) is 2.98. The second-order valence-corrected chi connectivity index (χ2v) is 5.58. The maximum Gasteiger partial charge on any atom is 0.261 e. The Bertz CT molecular complexity index is 825. The largest absolute Gasteiger partial charge is 0.493 e. The smallest absolute Gasteiger partial charge is 0.261 e. The highest BCUT2D eigenvalue weighted by Gasteiger charge is 2.35. The monoisotopic (exact) mass is 338 g/mol. The van der Waals surface area contributed by atoms with Crippen LogP contribution in [0.5, 0.6) is 5.75 Å². The van der Waals surface area contributed by atoms with E-state index in [1.807, 2.05) is 6.92 Å². The van der Waals surface area contributed by atoms with Crippen molar-refractivity contribution in [2.75, 3.05) is 13.7 Å². The Balaban J connectivity index is 1.90. The van der Waals surface area contributed by atoms with Gasteiger partial charge < -0.3 is 10.1 Å². The fourth-order valence-electron chi connectivity index (χ4n) is 2.83. The van der Waals surface area contributed by atoms with Gasteiger partial charge in [-0.2, -0.15) is 0 Å². The third-order valence-electron chi connectivity index (χ3n) is 4.03. The van der Waals surface area contributed by atoms with Crippen molar-refractivity contribution < 1.29 is 19.1 Å². The number of nitrogens with one attached hydrogen (secondary N) is 1. The molecule has 0 fully saturated rings. The lowest BCUT2D eigenvalue weighted by atomic mass is 10.1. The molecule has 0 atom stereocenters. The Kier molecular flexibility index (Phi) is 4.52. The zero-order chi connectivity index (χ0) is 18.0. The van der Waals surface area contributed by atoms with E-state index in [2.05, 4.69) is 5.32 Å². The molecule has 6 nitrogen and oxygen atoms in total. The number of hydrogen-bond acceptors (Lipinski definition) is 4. The third-order valence-corrected chi connectivity index (χ3v) is 4.03. The van der Waals surface area contributed by atoms with Gasteiger partial charge in [0.05, 0.1) is 29.8 Å². The predicted octanol–water partition coefficient (Wildman–Crippen LogP) is 2.24. The Morgan fingerprint density at radius 1 is 1.08 bits per heavy atom. The fourth-order valence-corrected chi connectivity index (χ4v) is 2.83. The van der Waals surface area contributed by atoms with E-state index in [1.165, 1.54) is 11.9 Å². The summed E-state index contributed by atoms with van der Waals surface area (Å²) in [6, 6.07) is 11.8. The van der Waals surface area contributed by atoms with Gasteiger partial charge in [0.1, 0.15) is 5.75 Å². The van der Waals surface area contributed by atoms with E-state index in [0.29, 0.717) is 34.6 Å². The molecule has 128 valence electrons. The lowest BCUT2D eigenvalue weighted by Gasteiger charge is -2.16. The number of carbonyl (C=O) groups is 3. The summed E-state index contributed by atoms with van der Waals surface area (Å²) in [6.45, 7) is 2.37. The Morgan fingerprint density at radius 3 is 2.28 bits per heavy atom. The minimum Gasteiger partial charge on any atom is -0.493 e. The highest BCUT2D eigenvalue weighted by molar-refractivity contribution is 6.21. The molecule has 0 aromatic heterocycles. The van der Waals surface area contributed by atoms with Gasteiger partial charge in [-0.1, -0.05) is 18.2 Å². The van der Waals surface area contributed by atoms with Gasteiger partial charge in [-0.3, -0.25) is 19.3 Å². The van der Waals surface area contributed by atoms with Crippen molar-refractivity contribution in [3.8, 4) is 5.75 Å². The van der Waals surface area contributed by atoms with E-state index >= 15 is 0 Å². The molecule has 0 saturated carbocycles. The van der Waals surface area contributed by atoms with Crippen LogP contribution in [0.25, 0.3) is 0 Å².